The van der Waals surface area contributed by atoms with E-state index in [1.165, 1.54) is 4.90 Å². The molecular weight excluding hydrogens is 304 g/mol. The Hall–Kier alpha value is -2.52. The number of aromatic nitrogens is 1. The maximum atomic E-state index is 12.2. The number of nitrogens with zero attached hydrogens (tertiary/aromatic N) is 3. The topological polar surface area (TPSA) is 82.2 Å². The molecule has 1 aromatic carbocycles. The van der Waals surface area contributed by atoms with E-state index < -0.39 is 0 Å². The Balaban J connectivity index is 2.06. The highest BCUT2D eigenvalue weighted by molar-refractivity contribution is 6.32. The van der Waals surface area contributed by atoms with Gasteiger partial charge in [-0.25, -0.2) is 4.79 Å². The number of halogens is 1. The van der Waals surface area contributed by atoms with Crippen molar-refractivity contribution in [2.24, 2.45) is 0 Å². The van der Waals surface area contributed by atoms with Gasteiger partial charge in [0, 0.05) is 18.3 Å². The lowest BCUT2D eigenvalue weighted by Gasteiger charge is -2.18. The number of nitriles is 1. The molecule has 0 aliphatic carbocycles. The fraction of sp³-hybridized carbons (Fsp3) is 0.267. The van der Waals surface area contributed by atoms with Crippen molar-refractivity contribution in [1.82, 2.24) is 10.1 Å². The quantitative estimate of drug-likeness (QED) is 0.939. The zero-order chi connectivity index (χ0) is 16.3. The zero-order valence-electron chi connectivity index (χ0n) is 12.5. The van der Waals surface area contributed by atoms with Crippen molar-refractivity contribution in [3.63, 3.8) is 0 Å². The summed E-state index contributed by atoms with van der Waals surface area (Å²) in [5.41, 5.74) is 2.54. The SMILES string of the molecule is Cc1noc(C)c1CN(C)C(=O)Nc1ccc(C#N)c(Cl)c1. The molecule has 1 heterocycles. The third kappa shape index (κ3) is 3.38. The van der Waals surface area contributed by atoms with Crippen molar-refractivity contribution >= 4 is 23.3 Å². The van der Waals surface area contributed by atoms with Gasteiger partial charge in [0.15, 0.2) is 0 Å². The summed E-state index contributed by atoms with van der Waals surface area (Å²) in [7, 11) is 1.67. The number of hydrogen-bond donors (Lipinski definition) is 1. The molecule has 114 valence electrons. The zero-order valence-corrected chi connectivity index (χ0v) is 13.2. The highest BCUT2D eigenvalue weighted by Crippen LogP contribution is 2.21. The molecular formula is C15H15ClN4O2. The first-order valence-electron chi connectivity index (χ1n) is 6.56. The van der Waals surface area contributed by atoms with Crippen molar-refractivity contribution in [3.8, 4) is 6.07 Å². The second kappa shape index (κ2) is 6.50. The summed E-state index contributed by atoms with van der Waals surface area (Å²) in [4.78, 5) is 13.7. The molecule has 22 heavy (non-hydrogen) atoms. The lowest BCUT2D eigenvalue weighted by molar-refractivity contribution is 0.220. The van der Waals surface area contributed by atoms with E-state index in [0.29, 0.717) is 28.6 Å². The van der Waals surface area contributed by atoms with Crippen LogP contribution in [-0.2, 0) is 6.54 Å². The molecule has 0 unspecified atom stereocenters. The van der Waals surface area contributed by atoms with E-state index in [1.54, 1.807) is 25.2 Å². The predicted molar refractivity (Wildman–Crippen MR) is 82.6 cm³/mol. The molecule has 0 saturated carbocycles. The molecule has 0 aliphatic rings. The maximum Gasteiger partial charge on any atom is 0.321 e. The predicted octanol–water partition coefficient (Wildman–Crippen LogP) is 3.48. The molecule has 0 spiro atoms. The molecule has 0 radical (unpaired) electrons. The van der Waals surface area contributed by atoms with Crippen molar-refractivity contribution in [2.75, 3.05) is 12.4 Å². The van der Waals surface area contributed by atoms with Gasteiger partial charge in [-0.05, 0) is 32.0 Å². The summed E-state index contributed by atoms with van der Waals surface area (Å²) < 4.78 is 5.08. The minimum atomic E-state index is -0.291. The van der Waals surface area contributed by atoms with Gasteiger partial charge in [0.1, 0.15) is 11.8 Å². The number of aryl methyl sites for hydroxylation is 2. The van der Waals surface area contributed by atoms with Crippen LogP contribution in [0.25, 0.3) is 0 Å². The Bertz CT molecular complexity index is 729. The third-order valence-corrected chi connectivity index (χ3v) is 3.58. The fourth-order valence-electron chi connectivity index (χ4n) is 1.94. The van der Waals surface area contributed by atoms with Crippen molar-refractivity contribution in [2.45, 2.75) is 20.4 Å². The van der Waals surface area contributed by atoms with Crippen LogP contribution in [0.4, 0.5) is 10.5 Å². The second-order valence-electron chi connectivity index (χ2n) is 4.90. The smallest absolute Gasteiger partial charge is 0.321 e. The van der Waals surface area contributed by atoms with E-state index in [-0.39, 0.29) is 6.03 Å². The van der Waals surface area contributed by atoms with E-state index in [4.69, 9.17) is 21.4 Å². The summed E-state index contributed by atoms with van der Waals surface area (Å²) in [6.07, 6.45) is 0. The van der Waals surface area contributed by atoms with Crippen LogP contribution in [0.2, 0.25) is 5.02 Å². The molecule has 1 aromatic heterocycles. The summed E-state index contributed by atoms with van der Waals surface area (Å²) in [5.74, 6) is 0.693. The molecule has 6 nitrogen and oxygen atoms in total. The minimum Gasteiger partial charge on any atom is -0.361 e. The van der Waals surface area contributed by atoms with E-state index in [9.17, 15) is 4.79 Å². The number of nitrogens with one attached hydrogen (secondary N) is 1. The molecule has 0 aliphatic heterocycles. The van der Waals surface area contributed by atoms with Crippen molar-refractivity contribution in [3.05, 3.63) is 45.8 Å². The summed E-state index contributed by atoms with van der Waals surface area (Å²) in [6, 6.07) is 6.41. The first kappa shape index (κ1) is 15.9. The molecule has 2 rings (SSSR count). The monoisotopic (exact) mass is 318 g/mol. The van der Waals surface area contributed by atoms with Crippen LogP contribution in [0.15, 0.2) is 22.7 Å². The van der Waals surface area contributed by atoms with Crippen LogP contribution in [0.5, 0.6) is 0 Å². The number of benzene rings is 1. The fourth-order valence-corrected chi connectivity index (χ4v) is 2.16. The number of rotatable bonds is 3. The first-order chi connectivity index (χ1) is 10.4. The normalized spacial score (nSPS) is 10.1. The first-order valence-corrected chi connectivity index (χ1v) is 6.93. The molecule has 2 aromatic rings. The van der Waals surface area contributed by atoms with E-state index >= 15 is 0 Å². The Labute approximate surface area is 133 Å². The van der Waals surface area contributed by atoms with Gasteiger partial charge in [0.05, 0.1) is 22.8 Å². The van der Waals surface area contributed by atoms with Gasteiger partial charge in [0.25, 0.3) is 0 Å². The van der Waals surface area contributed by atoms with Gasteiger partial charge in [-0.1, -0.05) is 16.8 Å². The number of carbonyl (C=O) groups is 1. The maximum absolute atomic E-state index is 12.2. The molecule has 1 N–H and O–H groups in total. The van der Waals surface area contributed by atoms with Crippen LogP contribution < -0.4 is 5.32 Å². The average Bonchev–Trinajstić information content (AvgIpc) is 2.79. The van der Waals surface area contributed by atoms with Gasteiger partial charge in [-0.2, -0.15) is 5.26 Å². The van der Waals surface area contributed by atoms with Crippen LogP contribution in [-0.4, -0.2) is 23.1 Å². The largest absolute Gasteiger partial charge is 0.361 e. The van der Waals surface area contributed by atoms with Gasteiger partial charge in [-0.3, -0.25) is 0 Å². The highest BCUT2D eigenvalue weighted by atomic mass is 35.5. The Morgan fingerprint density at radius 3 is 2.77 bits per heavy atom. The lowest BCUT2D eigenvalue weighted by Crippen LogP contribution is -2.31. The van der Waals surface area contributed by atoms with Crippen LogP contribution in [0.1, 0.15) is 22.6 Å². The average molecular weight is 319 g/mol. The van der Waals surface area contributed by atoms with E-state index in [1.807, 2.05) is 19.9 Å². The summed E-state index contributed by atoms with van der Waals surface area (Å²) in [6.45, 7) is 4.02. The molecule has 0 bridgehead atoms. The second-order valence-corrected chi connectivity index (χ2v) is 5.30. The molecule has 2 amide bonds. The Morgan fingerprint density at radius 2 is 2.23 bits per heavy atom. The Morgan fingerprint density at radius 1 is 1.50 bits per heavy atom. The number of carbonyl (C=O) groups excluding carboxylic acids is 1. The molecule has 0 atom stereocenters. The van der Waals surface area contributed by atoms with Crippen LogP contribution >= 0.6 is 11.6 Å². The van der Waals surface area contributed by atoms with E-state index in [2.05, 4.69) is 10.5 Å². The molecule has 0 fully saturated rings. The van der Waals surface area contributed by atoms with Crippen molar-refractivity contribution < 1.29 is 9.32 Å². The number of hydrogen-bond acceptors (Lipinski definition) is 4. The lowest BCUT2D eigenvalue weighted by atomic mass is 10.2. The summed E-state index contributed by atoms with van der Waals surface area (Å²) in [5, 5.41) is 15.7. The van der Waals surface area contributed by atoms with Crippen LogP contribution in [0, 0.1) is 25.2 Å². The Kier molecular flexibility index (Phi) is 4.68. The minimum absolute atomic E-state index is 0.291. The number of urea groups is 1. The summed E-state index contributed by atoms with van der Waals surface area (Å²) >= 11 is 5.94. The van der Waals surface area contributed by atoms with E-state index in [0.717, 1.165) is 11.3 Å². The van der Waals surface area contributed by atoms with Gasteiger partial charge in [0.2, 0.25) is 0 Å². The standard InChI is InChI=1S/C15H15ClN4O2/c1-9-13(10(2)22-19-9)8-20(3)15(21)18-12-5-4-11(7-17)14(16)6-12/h4-6H,8H2,1-3H3,(H,18,21). The van der Waals surface area contributed by atoms with Crippen molar-refractivity contribution in [1.29, 1.82) is 5.26 Å². The number of amides is 2. The van der Waals surface area contributed by atoms with Gasteiger partial charge in [-0.15, -0.1) is 0 Å². The molecule has 0 saturated heterocycles. The number of anilines is 1. The third-order valence-electron chi connectivity index (χ3n) is 3.26. The van der Waals surface area contributed by atoms with Gasteiger partial charge >= 0.3 is 6.03 Å². The highest BCUT2D eigenvalue weighted by Gasteiger charge is 2.15. The molecule has 7 heteroatoms. The van der Waals surface area contributed by atoms with Crippen LogP contribution in [0.3, 0.4) is 0 Å². The van der Waals surface area contributed by atoms with Gasteiger partial charge < -0.3 is 14.7 Å².